The lowest BCUT2D eigenvalue weighted by Crippen LogP contribution is -2.65. The number of carbonyl (C=O) groups excluding carboxylic acids is 2. The van der Waals surface area contributed by atoms with Crippen molar-refractivity contribution in [3.05, 3.63) is 11.6 Å². The predicted octanol–water partition coefficient (Wildman–Crippen LogP) is 7.03. The van der Waals surface area contributed by atoms with Gasteiger partial charge in [0.2, 0.25) is 0 Å². The summed E-state index contributed by atoms with van der Waals surface area (Å²) in [6.07, 6.45) is 18.5. The van der Waals surface area contributed by atoms with Crippen LogP contribution in [0.25, 0.3) is 0 Å². The van der Waals surface area contributed by atoms with Crippen molar-refractivity contribution in [1.29, 1.82) is 0 Å². The van der Waals surface area contributed by atoms with Crippen molar-refractivity contribution in [2.75, 3.05) is 6.61 Å². The van der Waals surface area contributed by atoms with E-state index in [2.05, 4.69) is 33.8 Å². The molecule has 0 aromatic rings. The number of fused-ring (bicyclic) bond motifs is 22. The predicted molar refractivity (Wildman–Crippen MR) is 205 cm³/mol. The summed E-state index contributed by atoms with van der Waals surface area (Å²) >= 11 is 0. The zero-order valence-corrected chi connectivity index (χ0v) is 34.0. The van der Waals surface area contributed by atoms with E-state index in [1.807, 2.05) is 0 Å². The molecule has 0 aromatic carbocycles. The van der Waals surface area contributed by atoms with E-state index >= 15 is 0 Å². The fourth-order valence-electron chi connectivity index (χ4n) is 19.9. The zero-order valence-electron chi connectivity index (χ0n) is 34.0. The molecule has 0 aromatic heterocycles. The molecular weight excluding hydrogens is 689 g/mol. The van der Waals surface area contributed by atoms with E-state index in [4.69, 9.17) is 4.74 Å². The molecule has 12 fully saturated rings. The molecule has 0 bridgehead atoms. The summed E-state index contributed by atoms with van der Waals surface area (Å²) in [6.45, 7) is 9.86. The highest BCUT2D eigenvalue weighted by Crippen LogP contribution is 2.84. The van der Waals surface area contributed by atoms with Crippen LogP contribution < -0.4 is 0 Å². The molecule has 1 heterocycles. The summed E-state index contributed by atoms with van der Waals surface area (Å²) in [6, 6.07) is 0. The normalized spacial score (nSPS) is 64.1. The van der Waals surface area contributed by atoms with E-state index in [1.54, 1.807) is 0 Å². The minimum atomic E-state index is -0.682. The topological polar surface area (TPSA) is 124 Å². The summed E-state index contributed by atoms with van der Waals surface area (Å²) in [5.74, 6) is 9.47. The Bertz CT molecular complexity index is 1770. The van der Waals surface area contributed by atoms with Gasteiger partial charge in [0.1, 0.15) is 5.60 Å². The number of esters is 1. The number of ether oxygens (including phenoxy) is 1. The van der Waals surface area contributed by atoms with Crippen LogP contribution >= 0.6 is 0 Å². The van der Waals surface area contributed by atoms with Gasteiger partial charge < -0.3 is 25.2 Å². The van der Waals surface area contributed by atoms with Gasteiger partial charge >= 0.3 is 5.97 Å². The van der Waals surface area contributed by atoms with Gasteiger partial charge in [-0.2, -0.15) is 0 Å². The van der Waals surface area contributed by atoms with Crippen LogP contribution in [0.3, 0.4) is 0 Å². The number of ketones is 1. The van der Waals surface area contributed by atoms with Gasteiger partial charge in [0.25, 0.3) is 0 Å². The second-order valence-electron chi connectivity index (χ2n) is 23.7. The van der Waals surface area contributed by atoms with E-state index < -0.39 is 11.2 Å². The van der Waals surface area contributed by atoms with Crippen molar-refractivity contribution in [3.8, 4) is 0 Å². The molecule has 302 valence electrons. The van der Waals surface area contributed by atoms with Crippen molar-refractivity contribution in [2.24, 2.45) is 105 Å². The van der Waals surface area contributed by atoms with Gasteiger partial charge in [-0.15, -0.1) is 0 Å². The third kappa shape index (κ3) is 4.06. The van der Waals surface area contributed by atoms with Gasteiger partial charge in [-0.25, -0.2) is 0 Å². The van der Waals surface area contributed by atoms with Crippen LogP contribution in [-0.4, -0.2) is 61.7 Å². The zero-order chi connectivity index (χ0) is 38.0. The van der Waals surface area contributed by atoms with Crippen molar-refractivity contribution >= 4 is 11.8 Å². The van der Waals surface area contributed by atoms with Crippen molar-refractivity contribution in [3.63, 3.8) is 0 Å². The molecule has 13 aliphatic rings. The number of hydrogen-bond donors (Lipinski definition) is 4. The Balaban J connectivity index is 0.000000122. The molecule has 1 aliphatic heterocycles. The summed E-state index contributed by atoms with van der Waals surface area (Å²) in [4.78, 5) is 24.3. The first-order valence-corrected chi connectivity index (χ1v) is 23.3. The molecule has 6 unspecified atom stereocenters. The van der Waals surface area contributed by atoms with Gasteiger partial charge in [0.05, 0.1) is 17.3 Å². The Hall–Kier alpha value is -1.28. The number of carbonyl (C=O) groups is 2. The van der Waals surface area contributed by atoms with Crippen LogP contribution in [0.1, 0.15) is 137 Å². The van der Waals surface area contributed by atoms with Crippen LogP contribution in [0.5, 0.6) is 0 Å². The van der Waals surface area contributed by atoms with Crippen LogP contribution in [-0.2, 0) is 14.3 Å². The Morgan fingerprint density at radius 1 is 0.709 bits per heavy atom. The molecule has 0 amide bonds. The fraction of sp³-hybridized carbons (Fsp3) is 0.917. The summed E-state index contributed by atoms with van der Waals surface area (Å²) in [5.41, 5.74) is 0.468. The van der Waals surface area contributed by atoms with Crippen molar-refractivity contribution in [1.82, 2.24) is 0 Å². The number of hydrogen-bond acceptors (Lipinski definition) is 7. The quantitative estimate of drug-likeness (QED) is 0.228. The highest BCUT2D eigenvalue weighted by Gasteiger charge is 2.83. The van der Waals surface area contributed by atoms with Crippen LogP contribution in [0, 0.1) is 105 Å². The SMILES string of the molecule is C[C@]12CCC(=O)C=C1[C@@H]1C[C@@H]1C1C2CC[C@@]2(C)C1[C@@H]1C[C@@H]1[C@@]21CCC(=O)O1.C[C@]12CCC3C(C1[C@@H]1C[C@@H]1[C@@]2(O)CCCO)[C@H]1C[C@H]1[C@]1(O)C[C@@H](O)CC[C@]31C. The maximum absolute atomic E-state index is 12.2. The molecule has 13 rings (SSSR count). The molecule has 0 radical (unpaired) electrons. The highest BCUT2D eigenvalue weighted by atomic mass is 16.6. The standard InChI is InChI=1S/C24H38O4.C24H30O3/c1-21-7-4-13(26)12-24(21,28)17-10-14(17)19-16(21)5-8-22(2)20(19)15-11-18(15)23(22,27)6-3-9-25;1-22-6-3-12(25)9-17(22)13-10-14(13)20-16(22)4-7-23(2)21(20)15-11-18(15)24(23)8-5-19(26)27-24/h13-20,25-28H,3-12H2,1-2H3;9,13-16,18,20-21H,3-8,10-11H2,1-2H3/t13-,14-,15+,16?,17+,18-,19?,20?,21+,22-,23-,24+;13-,14+,15-,16?,18+,20?,21?,22-,23+,24+/m01/s1. The number of rotatable bonds is 3. The number of allylic oxidation sites excluding steroid dienone is 1. The molecule has 55 heavy (non-hydrogen) atoms. The average Bonchev–Trinajstić information content (AvgIpc) is 3.97. The van der Waals surface area contributed by atoms with Gasteiger partial charge in [-0.1, -0.05) is 33.3 Å². The minimum absolute atomic E-state index is 0.0238. The molecule has 1 saturated heterocycles. The number of aliphatic hydroxyl groups is 4. The van der Waals surface area contributed by atoms with Crippen LogP contribution in [0.4, 0.5) is 0 Å². The third-order valence-corrected chi connectivity index (χ3v) is 22.4. The summed E-state index contributed by atoms with van der Waals surface area (Å²) in [7, 11) is 0. The molecule has 22 atom stereocenters. The molecular formula is C48H68O7. The van der Waals surface area contributed by atoms with Crippen LogP contribution in [0.15, 0.2) is 11.6 Å². The summed E-state index contributed by atoms with van der Waals surface area (Å²) in [5, 5.41) is 43.4. The Labute approximate surface area is 328 Å². The van der Waals surface area contributed by atoms with E-state index in [1.165, 1.54) is 37.7 Å². The first kappa shape index (κ1) is 35.6. The second-order valence-corrected chi connectivity index (χ2v) is 23.7. The average molecular weight is 757 g/mol. The number of aliphatic hydroxyl groups excluding tert-OH is 2. The van der Waals surface area contributed by atoms with Gasteiger partial charge in [0.15, 0.2) is 5.78 Å². The summed E-state index contributed by atoms with van der Waals surface area (Å²) < 4.78 is 6.22. The van der Waals surface area contributed by atoms with Crippen molar-refractivity contribution < 1.29 is 34.8 Å². The molecule has 11 saturated carbocycles. The van der Waals surface area contributed by atoms with Crippen molar-refractivity contribution in [2.45, 2.75) is 160 Å². The van der Waals surface area contributed by atoms with Crippen LogP contribution in [0.2, 0.25) is 0 Å². The lowest BCUT2D eigenvalue weighted by molar-refractivity contribution is -0.237. The lowest BCUT2D eigenvalue weighted by atomic mass is 9.42. The van der Waals surface area contributed by atoms with Gasteiger partial charge in [0, 0.05) is 37.2 Å². The Morgan fingerprint density at radius 3 is 2.15 bits per heavy atom. The fourth-order valence-corrected chi connectivity index (χ4v) is 19.9. The van der Waals surface area contributed by atoms with E-state index in [0.717, 1.165) is 87.4 Å². The Kier molecular flexibility index (Phi) is 6.94. The smallest absolute Gasteiger partial charge is 0.306 e. The largest absolute Gasteiger partial charge is 0.458 e. The first-order chi connectivity index (χ1) is 26.1. The molecule has 1 spiro atoms. The molecule has 7 heteroatoms. The maximum atomic E-state index is 12.2. The molecule has 4 N–H and O–H groups in total. The van der Waals surface area contributed by atoms with E-state index in [9.17, 15) is 30.0 Å². The highest BCUT2D eigenvalue weighted by molar-refractivity contribution is 5.92. The van der Waals surface area contributed by atoms with E-state index in [0.29, 0.717) is 78.3 Å². The lowest BCUT2D eigenvalue weighted by Gasteiger charge is -2.64. The van der Waals surface area contributed by atoms with E-state index in [-0.39, 0.29) is 45.9 Å². The van der Waals surface area contributed by atoms with Gasteiger partial charge in [-0.05, 0) is 189 Å². The maximum Gasteiger partial charge on any atom is 0.306 e. The molecule has 12 aliphatic carbocycles. The Morgan fingerprint density at radius 2 is 1.38 bits per heavy atom. The first-order valence-electron chi connectivity index (χ1n) is 23.3. The van der Waals surface area contributed by atoms with Gasteiger partial charge in [-0.3, -0.25) is 9.59 Å². The third-order valence-electron chi connectivity index (χ3n) is 22.4. The molecule has 7 nitrogen and oxygen atoms in total. The minimum Gasteiger partial charge on any atom is -0.458 e. The second kappa shape index (κ2) is 10.7. The monoisotopic (exact) mass is 756 g/mol.